The minimum Gasteiger partial charge on any atom is -0.489 e. The van der Waals surface area contributed by atoms with Crippen molar-refractivity contribution in [3.8, 4) is 5.75 Å². The number of hydrogen-bond acceptors (Lipinski definition) is 4. The van der Waals surface area contributed by atoms with E-state index in [1.807, 2.05) is 12.1 Å². The van der Waals surface area contributed by atoms with Crippen molar-refractivity contribution in [3.05, 3.63) is 57.8 Å². The smallest absolute Gasteiger partial charge is 0.224 e. The molecule has 0 radical (unpaired) electrons. The minimum absolute atomic E-state index is 0.0679. The summed E-state index contributed by atoms with van der Waals surface area (Å²) < 4.78 is 5.65. The number of halogens is 2. The van der Waals surface area contributed by atoms with Crippen molar-refractivity contribution in [3.63, 3.8) is 0 Å². The van der Waals surface area contributed by atoms with Crippen LogP contribution in [-0.2, 0) is 17.8 Å². The highest BCUT2D eigenvalue weighted by molar-refractivity contribution is 6.32. The number of aliphatic hydroxyl groups is 1. The third-order valence-corrected chi connectivity index (χ3v) is 3.34. The summed E-state index contributed by atoms with van der Waals surface area (Å²) >= 11 is 11.7. The van der Waals surface area contributed by atoms with Crippen LogP contribution < -0.4 is 10.1 Å². The Bertz CT molecular complexity index is 643. The summed E-state index contributed by atoms with van der Waals surface area (Å²) in [6.45, 7) is 0.511. The van der Waals surface area contributed by atoms with E-state index in [1.165, 1.54) is 0 Å². The number of pyridine rings is 1. The van der Waals surface area contributed by atoms with Gasteiger partial charge < -0.3 is 15.2 Å². The molecular formula is C16H16Cl2N2O3. The molecule has 5 nitrogen and oxygen atoms in total. The molecule has 1 aromatic heterocycles. The van der Waals surface area contributed by atoms with Gasteiger partial charge in [-0.15, -0.1) is 0 Å². The monoisotopic (exact) mass is 354 g/mol. The minimum atomic E-state index is -0.131. The number of nitrogens with one attached hydrogen (secondary N) is 1. The summed E-state index contributed by atoms with van der Waals surface area (Å²) in [5, 5.41) is 11.9. The largest absolute Gasteiger partial charge is 0.489 e. The molecule has 2 rings (SSSR count). The quantitative estimate of drug-likeness (QED) is 0.749. The molecule has 1 amide bonds. The SMILES string of the molecule is O=C(Cc1ccc(OCc2cc(Cl)nc(Cl)c2)cc1)NCCO. The lowest BCUT2D eigenvalue weighted by molar-refractivity contribution is -0.120. The maximum absolute atomic E-state index is 11.5. The van der Waals surface area contributed by atoms with E-state index in [9.17, 15) is 4.79 Å². The van der Waals surface area contributed by atoms with E-state index in [1.54, 1.807) is 24.3 Å². The maximum Gasteiger partial charge on any atom is 0.224 e. The van der Waals surface area contributed by atoms with E-state index in [2.05, 4.69) is 10.3 Å². The van der Waals surface area contributed by atoms with Crippen molar-refractivity contribution in [1.29, 1.82) is 0 Å². The number of carbonyl (C=O) groups excluding carboxylic acids is 1. The number of amides is 1. The first-order valence-electron chi connectivity index (χ1n) is 6.98. The fourth-order valence-electron chi connectivity index (χ4n) is 1.91. The molecule has 0 fully saturated rings. The fourth-order valence-corrected chi connectivity index (χ4v) is 2.42. The van der Waals surface area contributed by atoms with Gasteiger partial charge in [0.15, 0.2) is 0 Å². The number of aliphatic hydroxyl groups excluding tert-OH is 1. The van der Waals surface area contributed by atoms with Crippen LogP contribution >= 0.6 is 23.2 Å². The second-order valence-corrected chi connectivity index (χ2v) is 5.58. The van der Waals surface area contributed by atoms with Crippen LogP contribution in [-0.4, -0.2) is 29.1 Å². The molecule has 0 spiro atoms. The Hall–Kier alpha value is -1.82. The summed E-state index contributed by atoms with van der Waals surface area (Å²) in [7, 11) is 0. The van der Waals surface area contributed by atoms with Crippen LogP contribution in [0.15, 0.2) is 36.4 Å². The van der Waals surface area contributed by atoms with Gasteiger partial charge in [0.1, 0.15) is 22.7 Å². The van der Waals surface area contributed by atoms with Gasteiger partial charge in [-0.1, -0.05) is 35.3 Å². The van der Waals surface area contributed by atoms with Crippen molar-refractivity contribution in [2.75, 3.05) is 13.2 Å². The van der Waals surface area contributed by atoms with Crippen LogP contribution in [0.2, 0.25) is 10.3 Å². The van der Waals surface area contributed by atoms with Gasteiger partial charge in [0, 0.05) is 6.54 Å². The van der Waals surface area contributed by atoms with E-state index < -0.39 is 0 Å². The highest BCUT2D eigenvalue weighted by Crippen LogP contribution is 2.18. The van der Waals surface area contributed by atoms with E-state index in [0.29, 0.717) is 22.7 Å². The normalized spacial score (nSPS) is 10.4. The third kappa shape index (κ3) is 6.06. The summed E-state index contributed by atoms with van der Waals surface area (Å²) in [6, 6.07) is 10.6. The van der Waals surface area contributed by atoms with E-state index in [0.717, 1.165) is 11.1 Å². The Balaban J connectivity index is 1.88. The van der Waals surface area contributed by atoms with Crippen LogP contribution in [0.25, 0.3) is 0 Å². The highest BCUT2D eigenvalue weighted by atomic mass is 35.5. The predicted molar refractivity (Wildman–Crippen MR) is 88.8 cm³/mol. The summed E-state index contributed by atoms with van der Waals surface area (Å²) in [5.41, 5.74) is 1.69. The van der Waals surface area contributed by atoms with Gasteiger partial charge in [-0.25, -0.2) is 4.98 Å². The number of aromatic nitrogens is 1. The summed E-state index contributed by atoms with van der Waals surface area (Å²) in [6.07, 6.45) is 0.260. The van der Waals surface area contributed by atoms with Gasteiger partial charge in [-0.3, -0.25) is 4.79 Å². The Labute approximate surface area is 144 Å². The first-order chi connectivity index (χ1) is 11.1. The van der Waals surface area contributed by atoms with Crippen LogP contribution in [0, 0.1) is 0 Å². The average molecular weight is 355 g/mol. The van der Waals surface area contributed by atoms with Gasteiger partial charge in [-0.2, -0.15) is 0 Å². The molecule has 0 saturated carbocycles. The zero-order valence-electron chi connectivity index (χ0n) is 12.3. The number of hydrogen-bond donors (Lipinski definition) is 2. The van der Waals surface area contributed by atoms with Crippen molar-refractivity contribution in [2.45, 2.75) is 13.0 Å². The number of benzene rings is 1. The second kappa shape index (κ2) is 8.72. The Kier molecular flexibility index (Phi) is 6.65. The Morgan fingerprint density at radius 2 is 1.78 bits per heavy atom. The lowest BCUT2D eigenvalue weighted by atomic mass is 10.1. The molecule has 0 aliphatic heterocycles. The first-order valence-corrected chi connectivity index (χ1v) is 7.73. The van der Waals surface area contributed by atoms with E-state index in [4.69, 9.17) is 33.0 Å². The van der Waals surface area contributed by atoms with Gasteiger partial charge in [-0.05, 0) is 35.4 Å². The van der Waals surface area contributed by atoms with Crippen molar-refractivity contribution in [1.82, 2.24) is 10.3 Å². The number of ether oxygens (including phenoxy) is 1. The van der Waals surface area contributed by atoms with Crippen molar-refractivity contribution < 1.29 is 14.6 Å². The van der Waals surface area contributed by atoms with Crippen molar-refractivity contribution in [2.24, 2.45) is 0 Å². The van der Waals surface area contributed by atoms with Gasteiger partial charge >= 0.3 is 0 Å². The highest BCUT2D eigenvalue weighted by Gasteiger charge is 2.04. The first kappa shape index (κ1) is 17.5. The molecule has 0 bridgehead atoms. The average Bonchev–Trinajstić information content (AvgIpc) is 2.51. The molecule has 2 aromatic rings. The van der Waals surface area contributed by atoms with Gasteiger partial charge in [0.25, 0.3) is 0 Å². The van der Waals surface area contributed by atoms with Crippen LogP contribution in [0.4, 0.5) is 0 Å². The van der Waals surface area contributed by atoms with Crippen molar-refractivity contribution >= 4 is 29.1 Å². The molecule has 122 valence electrons. The van der Waals surface area contributed by atoms with E-state index in [-0.39, 0.29) is 25.5 Å². The molecule has 2 N–H and O–H groups in total. The molecule has 0 unspecified atom stereocenters. The summed E-state index contributed by atoms with van der Waals surface area (Å²) in [4.78, 5) is 15.4. The number of rotatable bonds is 7. The predicted octanol–water partition coefficient (Wildman–Crippen LogP) is 2.62. The summed E-state index contributed by atoms with van der Waals surface area (Å²) in [5.74, 6) is 0.544. The topological polar surface area (TPSA) is 71.5 Å². The van der Waals surface area contributed by atoms with E-state index >= 15 is 0 Å². The number of nitrogens with zero attached hydrogens (tertiary/aromatic N) is 1. The zero-order valence-corrected chi connectivity index (χ0v) is 13.8. The molecule has 0 atom stereocenters. The zero-order chi connectivity index (χ0) is 16.7. The van der Waals surface area contributed by atoms with Crippen LogP contribution in [0.3, 0.4) is 0 Å². The standard InChI is InChI=1S/C16H16Cl2N2O3/c17-14-7-12(8-15(18)20-14)10-23-13-3-1-11(2-4-13)9-16(22)19-5-6-21/h1-4,7-8,21H,5-6,9-10H2,(H,19,22). The second-order valence-electron chi connectivity index (χ2n) is 4.80. The third-order valence-electron chi connectivity index (χ3n) is 2.95. The van der Waals surface area contributed by atoms with Gasteiger partial charge in [0.05, 0.1) is 13.0 Å². The molecule has 1 heterocycles. The maximum atomic E-state index is 11.5. The lowest BCUT2D eigenvalue weighted by Crippen LogP contribution is -2.27. The van der Waals surface area contributed by atoms with Crippen LogP contribution in [0.1, 0.15) is 11.1 Å². The molecule has 7 heteroatoms. The molecule has 0 aliphatic rings. The molecule has 1 aromatic carbocycles. The Morgan fingerprint density at radius 1 is 1.13 bits per heavy atom. The Morgan fingerprint density at radius 3 is 2.39 bits per heavy atom. The number of carbonyl (C=O) groups is 1. The molecular weight excluding hydrogens is 339 g/mol. The lowest BCUT2D eigenvalue weighted by Gasteiger charge is -2.08. The molecule has 23 heavy (non-hydrogen) atoms. The van der Waals surface area contributed by atoms with Gasteiger partial charge in [0.2, 0.25) is 5.91 Å². The molecule has 0 saturated heterocycles. The molecule has 0 aliphatic carbocycles. The fraction of sp³-hybridized carbons (Fsp3) is 0.250. The van der Waals surface area contributed by atoms with Crippen LogP contribution in [0.5, 0.6) is 5.75 Å².